The monoisotopic (exact) mass is 288 g/mol. The average molecular weight is 288 g/mol. The number of hydrogen-bond acceptors (Lipinski definition) is 3. The summed E-state index contributed by atoms with van der Waals surface area (Å²) in [4.78, 5) is 0. The number of benzene rings is 1. The highest BCUT2D eigenvalue weighted by Crippen LogP contribution is 2.33. The van der Waals surface area contributed by atoms with E-state index in [9.17, 15) is 0 Å². The van der Waals surface area contributed by atoms with E-state index in [1.165, 1.54) is 44.2 Å². The van der Waals surface area contributed by atoms with Crippen molar-refractivity contribution in [2.24, 2.45) is 5.92 Å². The zero-order chi connectivity index (χ0) is 14.7. The minimum Gasteiger partial charge on any atom is -0.497 e. The molecule has 3 unspecified atom stereocenters. The molecule has 3 heteroatoms. The minimum atomic E-state index is 0.405. The molecule has 4 atom stereocenters. The summed E-state index contributed by atoms with van der Waals surface area (Å²) in [6.07, 6.45) is 6.78. The Labute approximate surface area is 128 Å². The Hall–Kier alpha value is -1.06. The highest BCUT2D eigenvalue weighted by Gasteiger charge is 2.35. The number of nitrogens with one attached hydrogen (secondary N) is 2. The van der Waals surface area contributed by atoms with Crippen molar-refractivity contribution in [3.8, 4) is 5.75 Å². The fraction of sp³-hybridized carbons (Fsp3) is 0.667. The van der Waals surface area contributed by atoms with Crippen LogP contribution >= 0.6 is 0 Å². The lowest BCUT2D eigenvalue weighted by molar-refractivity contribution is 0.303. The van der Waals surface area contributed by atoms with Crippen LogP contribution in [0.2, 0.25) is 0 Å². The van der Waals surface area contributed by atoms with Crippen LogP contribution in [-0.2, 0) is 0 Å². The molecular weight excluding hydrogens is 260 g/mol. The summed E-state index contributed by atoms with van der Waals surface area (Å²) >= 11 is 0. The van der Waals surface area contributed by atoms with Crippen molar-refractivity contribution < 1.29 is 4.74 Å². The third-order valence-electron chi connectivity index (χ3n) is 5.26. The van der Waals surface area contributed by atoms with E-state index in [1.54, 1.807) is 7.11 Å². The van der Waals surface area contributed by atoms with Gasteiger partial charge in [-0.1, -0.05) is 18.6 Å². The average Bonchev–Trinajstić information content (AvgIpc) is 3.18. The summed E-state index contributed by atoms with van der Waals surface area (Å²) in [5.74, 6) is 1.74. The van der Waals surface area contributed by atoms with Gasteiger partial charge in [0.2, 0.25) is 0 Å². The van der Waals surface area contributed by atoms with Crippen LogP contribution in [0.1, 0.15) is 50.6 Å². The molecule has 3 rings (SSSR count). The van der Waals surface area contributed by atoms with Crippen molar-refractivity contribution in [2.75, 3.05) is 13.7 Å². The van der Waals surface area contributed by atoms with E-state index < -0.39 is 0 Å². The maximum absolute atomic E-state index is 5.24. The Morgan fingerprint density at radius 2 is 1.95 bits per heavy atom. The normalized spacial score (nSPS) is 30.5. The summed E-state index contributed by atoms with van der Waals surface area (Å²) in [6, 6.07) is 10.3. The van der Waals surface area contributed by atoms with Crippen molar-refractivity contribution in [1.82, 2.24) is 10.6 Å². The summed E-state index contributed by atoms with van der Waals surface area (Å²) < 4.78 is 5.24. The van der Waals surface area contributed by atoms with E-state index >= 15 is 0 Å². The molecule has 1 aliphatic heterocycles. The third kappa shape index (κ3) is 3.41. The molecule has 2 N–H and O–H groups in total. The fourth-order valence-corrected chi connectivity index (χ4v) is 4.06. The molecule has 1 saturated carbocycles. The first-order valence-corrected chi connectivity index (χ1v) is 8.41. The Balaban J connectivity index is 1.61. The lowest BCUT2D eigenvalue weighted by atomic mass is 9.92. The molecular formula is C18H28N2O. The van der Waals surface area contributed by atoms with E-state index in [4.69, 9.17) is 4.74 Å². The molecule has 116 valence electrons. The molecule has 2 aliphatic rings. The van der Waals surface area contributed by atoms with Gasteiger partial charge in [0.05, 0.1) is 7.11 Å². The molecule has 1 aromatic carbocycles. The van der Waals surface area contributed by atoms with Gasteiger partial charge in [0.15, 0.2) is 0 Å². The van der Waals surface area contributed by atoms with Crippen LogP contribution in [0.4, 0.5) is 0 Å². The number of ether oxygens (including phenoxy) is 1. The number of rotatable bonds is 5. The van der Waals surface area contributed by atoms with Crippen molar-refractivity contribution in [1.29, 1.82) is 0 Å². The Bertz CT molecular complexity index is 439. The second-order valence-electron chi connectivity index (χ2n) is 6.57. The van der Waals surface area contributed by atoms with Crippen LogP contribution in [0.3, 0.4) is 0 Å². The lowest BCUT2D eigenvalue weighted by Gasteiger charge is -2.29. The Kier molecular flexibility index (Phi) is 4.81. The maximum Gasteiger partial charge on any atom is 0.118 e. The first-order chi connectivity index (χ1) is 10.3. The van der Waals surface area contributed by atoms with E-state index in [1.807, 2.05) is 0 Å². The summed E-state index contributed by atoms with van der Waals surface area (Å²) in [5.41, 5.74) is 1.35. The van der Waals surface area contributed by atoms with Gasteiger partial charge in [0.25, 0.3) is 0 Å². The second-order valence-corrected chi connectivity index (χ2v) is 6.57. The smallest absolute Gasteiger partial charge is 0.118 e. The SMILES string of the molecule is COc1ccc([C@H](C)NC2CCCC2C2CCCN2)cc1. The predicted molar refractivity (Wildman–Crippen MR) is 86.7 cm³/mol. The van der Waals surface area contributed by atoms with Crippen LogP contribution in [-0.4, -0.2) is 25.7 Å². The van der Waals surface area contributed by atoms with Crippen LogP contribution in [0.25, 0.3) is 0 Å². The summed E-state index contributed by atoms with van der Waals surface area (Å²) in [6.45, 7) is 3.49. The fourth-order valence-electron chi connectivity index (χ4n) is 4.06. The van der Waals surface area contributed by atoms with Crippen molar-refractivity contribution >= 4 is 0 Å². The van der Waals surface area contributed by atoms with E-state index in [0.717, 1.165) is 17.7 Å². The molecule has 0 spiro atoms. The van der Waals surface area contributed by atoms with E-state index in [2.05, 4.69) is 41.8 Å². The van der Waals surface area contributed by atoms with Crippen molar-refractivity contribution in [3.63, 3.8) is 0 Å². The van der Waals surface area contributed by atoms with Gasteiger partial charge in [0, 0.05) is 18.1 Å². The van der Waals surface area contributed by atoms with Gasteiger partial charge in [-0.15, -0.1) is 0 Å². The standard InChI is InChI=1S/C18H28N2O/c1-13(14-8-10-15(21-2)11-9-14)20-18-6-3-5-16(18)17-7-4-12-19-17/h8-11,13,16-20H,3-7,12H2,1-2H3/t13-,16?,17?,18?/m0/s1. The summed E-state index contributed by atoms with van der Waals surface area (Å²) in [7, 11) is 1.72. The topological polar surface area (TPSA) is 33.3 Å². The van der Waals surface area contributed by atoms with Crippen LogP contribution < -0.4 is 15.4 Å². The number of hydrogen-bond donors (Lipinski definition) is 2. The van der Waals surface area contributed by atoms with Gasteiger partial charge < -0.3 is 15.4 Å². The Morgan fingerprint density at radius 3 is 2.62 bits per heavy atom. The second kappa shape index (κ2) is 6.80. The maximum atomic E-state index is 5.24. The first-order valence-electron chi connectivity index (χ1n) is 8.41. The minimum absolute atomic E-state index is 0.405. The molecule has 1 saturated heterocycles. The molecule has 3 nitrogen and oxygen atoms in total. The van der Waals surface area contributed by atoms with E-state index in [0.29, 0.717) is 12.1 Å². The van der Waals surface area contributed by atoms with Crippen molar-refractivity contribution in [3.05, 3.63) is 29.8 Å². The van der Waals surface area contributed by atoms with Gasteiger partial charge >= 0.3 is 0 Å². The van der Waals surface area contributed by atoms with Gasteiger partial charge in [-0.3, -0.25) is 0 Å². The molecule has 0 amide bonds. The molecule has 1 heterocycles. The molecule has 21 heavy (non-hydrogen) atoms. The molecule has 0 aromatic heterocycles. The highest BCUT2D eigenvalue weighted by atomic mass is 16.5. The third-order valence-corrected chi connectivity index (χ3v) is 5.26. The summed E-state index contributed by atoms with van der Waals surface area (Å²) in [5, 5.41) is 7.58. The Morgan fingerprint density at radius 1 is 1.14 bits per heavy atom. The van der Waals surface area contributed by atoms with Gasteiger partial charge in [-0.2, -0.15) is 0 Å². The lowest BCUT2D eigenvalue weighted by Crippen LogP contribution is -2.42. The molecule has 0 bridgehead atoms. The molecule has 1 aromatic rings. The largest absolute Gasteiger partial charge is 0.497 e. The van der Waals surface area contributed by atoms with Gasteiger partial charge in [0.1, 0.15) is 5.75 Å². The van der Waals surface area contributed by atoms with Gasteiger partial charge in [-0.05, 0) is 62.8 Å². The van der Waals surface area contributed by atoms with Crippen LogP contribution in [0.15, 0.2) is 24.3 Å². The molecule has 2 fully saturated rings. The predicted octanol–water partition coefficient (Wildman–Crippen LogP) is 3.27. The zero-order valence-corrected chi connectivity index (χ0v) is 13.3. The zero-order valence-electron chi connectivity index (χ0n) is 13.3. The number of methoxy groups -OCH3 is 1. The molecule has 0 radical (unpaired) electrons. The van der Waals surface area contributed by atoms with E-state index in [-0.39, 0.29) is 0 Å². The van der Waals surface area contributed by atoms with Gasteiger partial charge in [-0.25, -0.2) is 0 Å². The van der Waals surface area contributed by atoms with Crippen LogP contribution in [0, 0.1) is 5.92 Å². The van der Waals surface area contributed by atoms with Crippen molar-refractivity contribution in [2.45, 2.75) is 57.2 Å². The quantitative estimate of drug-likeness (QED) is 0.872. The molecule has 1 aliphatic carbocycles. The first kappa shape index (κ1) is 14.9. The highest BCUT2D eigenvalue weighted by molar-refractivity contribution is 5.28. The van der Waals surface area contributed by atoms with Crippen LogP contribution in [0.5, 0.6) is 5.75 Å².